The van der Waals surface area contributed by atoms with Crippen molar-refractivity contribution < 1.29 is 33.9 Å². The van der Waals surface area contributed by atoms with E-state index in [2.05, 4.69) is 175 Å². The lowest BCUT2D eigenvalue weighted by molar-refractivity contribution is 0.0925. The van der Waals surface area contributed by atoms with Gasteiger partial charge >= 0.3 is 0 Å². The average Bonchev–Trinajstić information content (AvgIpc) is 1.62. The van der Waals surface area contributed by atoms with Crippen LogP contribution >= 0.6 is 0 Å². The fourth-order valence-corrected chi connectivity index (χ4v) is 16.8. The quantitative estimate of drug-likeness (QED) is 0.124. The van der Waals surface area contributed by atoms with Crippen LogP contribution in [0, 0.1) is 65.2 Å². The van der Waals surface area contributed by atoms with Crippen LogP contribution in [0.25, 0.3) is 5.76 Å². The molecule has 4 fully saturated rings. The summed E-state index contributed by atoms with van der Waals surface area (Å²) in [7, 11) is 0. The molecule has 6 unspecified atom stereocenters. The van der Waals surface area contributed by atoms with Gasteiger partial charge in [-0.3, -0.25) is 0 Å². The Labute approximate surface area is 653 Å². The molecule has 10 aliphatic rings. The van der Waals surface area contributed by atoms with Crippen LogP contribution in [0.5, 0.6) is 0 Å². The molecule has 0 aromatic heterocycles. The zero-order chi connectivity index (χ0) is 79.4. The van der Waals surface area contributed by atoms with E-state index in [1.807, 2.05) is 134 Å². The number of aryl methyl sites for hydroxylation is 6. The molecule has 572 valence electrons. The molecule has 0 saturated heterocycles. The van der Waals surface area contributed by atoms with Crippen LogP contribution in [-0.2, 0) is 28.4 Å². The fourth-order valence-electron chi connectivity index (χ4n) is 16.8. The van der Waals surface area contributed by atoms with Gasteiger partial charge in [0.1, 0.15) is 34.6 Å². The molecule has 7 aromatic carbocycles. The number of ether oxygens (including phenoxy) is 6. The highest BCUT2D eigenvalue weighted by Crippen LogP contribution is 2.47. The van der Waals surface area contributed by atoms with Crippen molar-refractivity contribution in [1.82, 2.24) is 0 Å². The third kappa shape index (κ3) is 18.0. The van der Waals surface area contributed by atoms with Crippen molar-refractivity contribution in [2.75, 3.05) is 56.2 Å². The molecule has 0 radical (unpaired) electrons. The fraction of sp³-hybridized carbons (Fsp3) is 0.438. The van der Waals surface area contributed by atoms with Gasteiger partial charge in [0.2, 0.25) is 0 Å². The van der Waals surface area contributed by atoms with Crippen molar-refractivity contribution in [2.45, 2.75) is 225 Å². The second-order valence-electron chi connectivity index (χ2n) is 30.9. The van der Waals surface area contributed by atoms with Crippen molar-refractivity contribution in [3.8, 4) is 0 Å². The van der Waals surface area contributed by atoms with Gasteiger partial charge in [-0.2, -0.15) is 0 Å². The SMILES string of the molecule is CC1=C(C)N(c2ccccc2C)C(C2CCCC2)O1.CC1=C(c2ccccc2)OC(C2CCCC2)N1c1ccccc1C.[2H]C1OC(C)=C(C)N1c1ccccc1C.[2H]C1OC(C)=C(C)N1c1ccccc1C.[2H]C1OC(C2CCCC2)=C(C)N1c1ccccc1C.[2H]C1OC(C2CCCCC2)=C(C)N1c1ccccc1C. The second kappa shape index (κ2) is 36.7. The molecular formula is C96H122N6O6. The van der Waals surface area contributed by atoms with Crippen molar-refractivity contribution in [2.24, 2.45) is 23.7 Å². The van der Waals surface area contributed by atoms with Crippen LogP contribution in [0.15, 0.2) is 239 Å². The maximum atomic E-state index is 8.26. The summed E-state index contributed by atoms with van der Waals surface area (Å²) >= 11 is 0. The molecule has 4 saturated carbocycles. The topological polar surface area (TPSA) is 74.8 Å². The Balaban J connectivity index is 0.000000126. The lowest BCUT2D eigenvalue weighted by atomic mass is 9.87. The minimum atomic E-state index is -0.647. The van der Waals surface area contributed by atoms with Crippen molar-refractivity contribution >= 4 is 39.9 Å². The Morgan fingerprint density at radius 3 is 0.898 bits per heavy atom. The highest BCUT2D eigenvalue weighted by Gasteiger charge is 2.41. The molecule has 0 bridgehead atoms. The lowest BCUT2D eigenvalue weighted by Gasteiger charge is -2.31. The third-order valence-corrected chi connectivity index (χ3v) is 23.6. The van der Waals surface area contributed by atoms with Gasteiger partial charge in [0.15, 0.2) is 39.3 Å². The zero-order valence-electron chi connectivity index (χ0n) is 71.2. The van der Waals surface area contributed by atoms with Crippen LogP contribution in [0.1, 0.15) is 216 Å². The van der Waals surface area contributed by atoms with E-state index in [0.717, 1.165) is 91.2 Å². The summed E-state index contributed by atoms with van der Waals surface area (Å²) < 4.78 is 67.4. The molecule has 17 rings (SSSR count). The molecule has 7 aromatic rings. The molecule has 6 heterocycles. The standard InChI is InChI=1S/C22H25NO.2C17H23NO.C16H21NO.2C12H15NO/c1-16-10-6-9-15-20(16)23-17(2)21(18-11-4-3-5-12-18)24-22(23)19-13-7-8-14-19;1-12-8-4-7-11-16(12)18-13(2)14(3)19-17(18)15-9-5-6-10-15;1-13-8-6-7-11-16(13)18-12-19-17(14(18)2)15-9-4-3-5-10-15;1-12-7-3-6-10-15(12)17-11-18-16(13(17)2)14-8-4-5-9-14;2*1-9-6-4-5-7-12(9)13-8-14-11(3)10(13)2/h3-6,9-12,15,19,22H,7-8,13-14H2,1-2H3;4,7-8,11,15,17H,5-6,9-10H2,1-3H3;6-8,11,15H,3-5,9-10,12H2,1-2H3;3,6-7,10,14H,4-5,8-9,11H2,1-2H3;2*4-7H,8H2,1-3H3/i;;12D;11D;2*8D. The van der Waals surface area contributed by atoms with E-state index < -0.39 is 26.8 Å². The lowest BCUT2D eigenvalue weighted by Crippen LogP contribution is -2.36. The minimum Gasteiger partial charge on any atom is -0.476 e. The van der Waals surface area contributed by atoms with Gasteiger partial charge in [0, 0.05) is 63.4 Å². The Morgan fingerprint density at radius 1 is 0.269 bits per heavy atom. The largest absolute Gasteiger partial charge is 0.476 e. The highest BCUT2D eigenvalue weighted by atomic mass is 16.5. The summed E-state index contributed by atoms with van der Waals surface area (Å²) in [6.45, 7) is 28.5. The number of para-hydroxylation sites is 6. The second-order valence-corrected chi connectivity index (χ2v) is 30.9. The Morgan fingerprint density at radius 2 is 0.556 bits per heavy atom. The predicted molar refractivity (Wildman–Crippen MR) is 448 cm³/mol. The predicted octanol–water partition coefficient (Wildman–Crippen LogP) is 25.2. The average molecular weight is 1460 g/mol. The van der Waals surface area contributed by atoms with E-state index in [1.165, 1.54) is 160 Å². The summed E-state index contributed by atoms with van der Waals surface area (Å²) in [6.07, 6.45) is 22.2. The van der Waals surface area contributed by atoms with E-state index in [-0.39, 0.29) is 12.5 Å². The number of hydrogen-bond acceptors (Lipinski definition) is 12. The summed E-state index contributed by atoms with van der Waals surface area (Å²) in [4.78, 5) is 12.7. The van der Waals surface area contributed by atoms with Crippen LogP contribution in [0.3, 0.4) is 0 Å². The van der Waals surface area contributed by atoms with E-state index in [9.17, 15) is 0 Å². The van der Waals surface area contributed by atoms with Crippen LogP contribution < -0.4 is 29.4 Å². The van der Waals surface area contributed by atoms with Crippen LogP contribution in [0.4, 0.5) is 34.1 Å². The number of anilines is 6. The number of rotatable bonds is 11. The van der Waals surface area contributed by atoms with Crippen molar-refractivity contribution in [3.63, 3.8) is 0 Å². The monoisotopic (exact) mass is 1460 g/mol. The molecule has 6 atom stereocenters. The van der Waals surface area contributed by atoms with Crippen LogP contribution in [-0.4, -0.2) is 39.3 Å². The van der Waals surface area contributed by atoms with Gasteiger partial charge < -0.3 is 57.8 Å². The van der Waals surface area contributed by atoms with Crippen molar-refractivity contribution in [3.05, 3.63) is 278 Å². The van der Waals surface area contributed by atoms with Gasteiger partial charge in [-0.1, -0.05) is 197 Å². The number of allylic oxidation sites excluding steroid dienone is 11. The Bertz CT molecular complexity index is 4490. The number of hydrogen-bond donors (Lipinski definition) is 0. The molecule has 0 N–H and O–H groups in total. The highest BCUT2D eigenvalue weighted by molar-refractivity contribution is 5.73. The molecule has 0 spiro atoms. The van der Waals surface area contributed by atoms with Gasteiger partial charge in [0.25, 0.3) is 0 Å². The molecule has 0 amide bonds. The van der Waals surface area contributed by atoms with Gasteiger partial charge in [-0.15, -0.1) is 0 Å². The molecular weight excluding hydrogens is 1330 g/mol. The van der Waals surface area contributed by atoms with Gasteiger partial charge in [-0.05, 0) is 225 Å². The normalized spacial score (nSPS) is 23.5. The first-order chi connectivity index (χ1) is 54.0. The van der Waals surface area contributed by atoms with E-state index in [1.54, 1.807) is 0 Å². The summed E-state index contributed by atoms with van der Waals surface area (Å²) in [6, 6.07) is 60.3. The van der Waals surface area contributed by atoms with E-state index in [0.29, 0.717) is 23.7 Å². The summed E-state index contributed by atoms with van der Waals surface area (Å²) in [5, 5.41) is 0. The van der Waals surface area contributed by atoms with E-state index in [4.69, 9.17) is 33.9 Å². The Kier molecular flexibility index (Phi) is 24.7. The number of benzene rings is 7. The van der Waals surface area contributed by atoms with E-state index >= 15 is 0 Å². The molecule has 6 aliphatic heterocycles. The first-order valence-corrected chi connectivity index (χ1v) is 40.0. The summed E-state index contributed by atoms with van der Waals surface area (Å²) in [5.41, 5.74) is 22.1. The minimum absolute atomic E-state index is 0.129. The third-order valence-electron chi connectivity index (χ3n) is 23.6. The first kappa shape index (κ1) is 72.8. The molecule has 4 aliphatic carbocycles. The Hall–Kier alpha value is -9.42. The zero-order valence-corrected chi connectivity index (χ0v) is 67.2. The molecule has 12 heteroatoms. The number of nitrogens with zero attached hydrogens (tertiary/aromatic N) is 6. The first-order valence-electron chi connectivity index (χ1n) is 42.3. The molecule has 108 heavy (non-hydrogen) atoms. The van der Waals surface area contributed by atoms with Crippen molar-refractivity contribution in [1.29, 1.82) is 0 Å². The van der Waals surface area contributed by atoms with Gasteiger partial charge in [-0.25, -0.2) is 0 Å². The summed E-state index contributed by atoms with van der Waals surface area (Å²) in [5.74, 6) is 8.24. The van der Waals surface area contributed by atoms with Gasteiger partial charge in [0.05, 0.1) is 39.7 Å². The maximum absolute atomic E-state index is 8.26. The van der Waals surface area contributed by atoms with Crippen LogP contribution in [0.2, 0.25) is 0 Å². The molecule has 12 nitrogen and oxygen atoms in total. The maximum Gasteiger partial charge on any atom is 0.179 e. The smallest absolute Gasteiger partial charge is 0.179 e.